The molecule has 122 valence electrons. The molecule has 6 nitrogen and oxygen atoms in total. The first-order valence-corrected chi connectivity index (χ1v) is 7.47. The van der Waals surface area contributed by atoms with E-state index in [1.165, 1.54) is 18.2 Å². The van der Waals surface area contributed by atoms with Crippen LogP contribution in [0.3, 0.4) is 0 Å². The van der Waals surface area contributed by atoms with Crippen LogP contribution in [0.15, 0.2) is 42.5 Å². The van der Waals surface area contributed by atoms with Gasteiger partial charge < -0.3 is 10.1 Å². The Morgan fingerprint density at radius 1 is 1.08 bits per heavy atom. The minimum atomic E-state index is -0.526. The van der Waals surface area contributed by atoms with Crippen molar-refractivity contribution in [1.29, 1.82) is 0 Å². The number of ether oxygens (including phenoxy) is 1. The molecule has 0 atom stereocenters. The van der Waals surface area contributed by atoms with Crippen molar-refractivity contribution < 1.29 is 19.1 Å². The fourth-order valence-corrected chi connectivity index (χ4v) is 2.60. The van der Waals surface area contributed by atoms with Crippen LogP contribution in [0.25, 0.3) is 0 Å². The van der Waals surface area contributed by atoms with Gasteiger partial charge in [-0.2, -0.15) is 0 Å². The second kappa shape index (κ2) is 6.33. The first-order chi connectivity index (χ1) is 11.5. The number of imide groups is 1. The molecule has 0 aromatic heterocycles. The fourth-order valence-electron chi connectivity index (χ4n) is 2.43. The topological polar surface area (TPSA) is 75.7 Å². The van der Waals surface area contributed by atoms with Crippen LogP contribution in [-0.2, 0) is 4.79 Å². The molecule has 2 aromatic carbocycles. The zero-order chi connectivity index (χ0) is 17.3. The number of nitrogens with zero attached hydrogens (tertiary/aromatic N) is 1. The number of halogens is 1. The van der Waals surface area contributed by atoms with Crippen LogP contribution in [0, 0.1) is 0 Å². The number of rotatable bonds is 4. The van der Waals surface area contributed by atoms with Gasteiger partial charge in [0, 0.05) is 10.7 Å². The molecule has 0 unspecified atom stereocenters. The van der Waals surface area contributed by atoms with Crippen molar-refractivity contribution in [2.24, 2.45) is 0 Å². The standard InChI is InChI=1S/C17H13ClN2O4/c1-24-12-5-3-11(4-6-12)19-15(21)9-20-16(22)13-7-2-10(18)8-14(13)17(20)23/h2-8H,9H2,1H3,(H,19,21). The molecule has 0 fully saturated rings. The molecule has 3 rings (SSSR count). The number of amides is 3. The molecule has 0 radical (unpaired) electrons. The van der Waals surface area contributed by atoms with Gasteiger partial charge in [-0.05, 0) is 42.5 Å². The highest BCUT2D eigenvalue weighted by atomic mass is 35.5. The summed E-state index contributed by atoms with van der Waals surface area (Å²) >= 11 is 5.85. The average molecular weight is 345 g/mol. The molecule has 0 bridgehead atoms. The van der Waals surface area contributed by atoms with Gasteiger partial charge in [0.2, 0.25) is 5.91 Å². The van der Waals surface area contributed by atoms with Crippen LogP contribution < -0.4 is 10.1 Å². The minimum Gasteiger partial charge on any atom is -0.497 e. The van der Waals surface area contributed by atoms with Gasteiger partial charge in [-0.3, -0.25) is 19.3 Å². The molecule has 0 spiro atoms. The SMILES string of the molecule is COc1ccc(NC(=O)CN2C(=O)c3ccc(Cl)cc3C2=O)cc1. The van der Waals surface area contributed by atoms with Crippen molar-refractivity contribution in [3.63, 3.8) is 0 Å². The molecule has 1 N–H and O–H groups in total. The number of carbonyl (C=O) groups excluding carboxylic acids is 3. The van der Waals surface area contributed by atoms with Crippen LogP contribution in [-0.4, -0.2) is 36.3 Å². The maximum absolute atomic E-state index is 12.3. The molecule has 3 amide bonds. The lowest BCUT2D eigenvalue weighted by Gasteiger charge is -2.13. The molecule has 7 heteroatoms. The summed E-state index contributed by atoms with van der Waals surface area (Å²) in [5, 5.41) is 2.99. The lowest BCUT2D eigenvalue weighted by Crippen LogP contribution is -2.37. The molecule has 2 aromatic rings. The second-order valence-corrected chi connectivity index (χ2v) is 5.60. The van der Waals surface area contributed by atoms with Gasteiger partial charge in [-0.25, -0.2) is 0 Å². The van der Waals surface area contributed by atoms with Crippen LogP contribution in [0.1, 0.15) is 20.7 Å². The highest BCUT2D eigenvalue weighted by Crippen LogP contribution is 2.25. The molecule has 1 aliphatic rings. The second-order valence-electron chi connectivity index (χ2n) is 5.16. The van der Waals surface area contributed by atoms with E-state index < -0.39 is 17.7 Å². The summed E-state index contributed by atoms with van der Waals surface area (Å²) in [5.41, 5.74) is 1.01. The Labute approximate surface area is 143 Å². The minimum absolute atomic E-state index is 0.213. The molecule has 0 saturated carbocycles. The number of anilines is 1. The molecule has 0 aliphatic carbocycles. The lowest BCUT2D eigenvalue weighted by atomic mass is 10.1. The lowest BCUT2D eigenvalue weighted by molar-refractivity contribution is -0.116. The summed E-state index contributed by atoms with van der Waals surface area (Å²) in [6.07, 6.45) is 0. The van der Waals surface area contributed by atoms with Crippen molar-refractivity contribution in [3.05, 3.63) is 58.6 Å². The zero-order valence-electron chi connectivity index (χ0n) is 12.7. The molecular formula is C17H13ClN2O4. The molecule has 24 heavy (non-hydrogen) atoms. The number of fused-ring (bicyclic) bond motifs is 1. The van der Waals surface area contributed by atoms with E-state index in [1.807, 2.05) is 0 Å². The van der Waals surface area contributed by atoms with Crippen LogP contribution in [0.4, 0.5) is 5.69 Å². The summed E-state index contributed by atoms with van der Waals surface area (Å²) in [4.78, 5) is 37.6. The number of benzene rings is 2. The molecule has 1 heterocycles. The van der Waals surface area contributed by atoms with Crippen molar-refractivity contribution in [2.45, 2.75) is 0 Å². The quantitative estimate of drug-likeness (QED) is 0.865. The van der Waals surface area contributed by atoms with E-state index in [1.54, 1.807) is 31.4 Å². The Hall–Kier alpha value is -2.86. The van der Waals surface area contributed by atoms with E-state index in [4.69, 9.17) is 16.3 Å². The number of carbonyl (C=O) groups is 3. The van der Waals surface area contributed by atoms with E-state index in [0.29, 0.717) is 16.5 Å². The Morgan fingerprint density at radius 2 is 1.75 bits per heavy atom. The predicted octanol–water partition coefficient (Wildman–Crippen LogP) is 2.58. The maximum atomic E-state index is 12.3. The number of nitrogens with one attached hydrogen (secondary N) is 1. The first kappa shape index (κ1) is 16.0. The van der Waals surface area contributed by atoms with Crippen molar-refractivity contribution in [3.8, 4) is 5.75 Å². The number of hydrogen-bond acceptors (Lipinski definition) is 4. The Morgan fingerprint density at radius 3 is 2.42 bits per heavy atom. The van der Waals surface area contributed by atoms with Gasteiger partial charge in [0.1, 0.15) is 12.3 Å². The largest absolute Gasteiger partial charge is 0.497 e. The zero-order valence-corrected chi connectivity index (χ0v) is 13.5. The van der Waals surface area contributed by atoms with Crippen LogP contribution in [0.2, 0.25) is 5.02 Å². The Bertz CT molecular complexity index is 833. The third kappa shape index (κ3) is 2.96. The van der Waals surface area contributed by atoms with Gasteiger partial charge >= 0.3 is 0 Å². The van der Waals surface area contributed by atoms with Gasteiger partial charge in [0.15, 0.2) is 0 Å². The Kier molecular flexibility index (Phi) is 4.22. The van der Waals surface area contributed by atoms with E-state index in [-0.39, 0.29) is 17.7 Å². The van der Waals surface area contributed by atoms with E-state index in [9.17, 15) is 14.4 Å². The first-order valence-electron chi connectivity index (χ1n) is 7.09. The normalized spacial score (nSPS) is 13.0. The van der Waals surface area contributed by atoms with Gasteiger partial charge in [-0.15, -0.1) is 0 Å². The average Bonchev–Trinajstić information content (AvgIpc) is 2.80. The summed E-state index contributed by atoms with van der Waals surface area (Å²) in [6, 6.07) is 11.2. The maximum Gasteiger partial charge on any atom is 0.262 e. The van der Waals surface area contributed by atoms with Crippen molar-refractivity contribution >= 4 is 35.0 Å². The molecule has 1 aliphatic heterocycles. The number of methoxy groups -OCH3 is 1. The summed E-state index contributed by atoms with van der Waals surface area (Å²) in [5.74, 6) is -0.843. The fraction of sp³-hybridized carbons (Fsp3) is 0.118. The number of hydrogen-bond donors (Lipinski definition) is 1. The summed E-state index contributed by atoms with van der Waals surface area (Å²) in [7, 11) is 1.54. The van der Waals surface area contributed by atoms with E-state index in [0.717, 1.165) is 4.90 Å². The van der Waals surface area contributed by atoms with Gasteiger partial charge in [0.25, 0.3) is 11.8 Å². The van der Waals surface area contributed by atoms with Crippen molar-refractivity contribution in [1.82, 2.24) is 4.90 Å². The molecular weight excluding hydrogens is 332 g/mol. The highest BCUT2D eigenvalue weighted by Gasteiger charge is 2.36. The summed E-state index contributed by atoms with van der Waals surface area (Å²) < 4.78 is 5.03. The monoisotopic (exact) mass is 344 g/mol. The van der Waals surface area contributed by atoms with Gasteiger partial charge in [0.05, 0.1) is 18.2 Å². The third-order valence-corrected chi connectivity index (χ3v) is 3.84. The smallest absolute Gasteiger partial charge is 0.262 e. The van der Waals surface area contributed by atoms with Crippen LogP contribution in [0.5, 0.6) is 5.75 Å². The molecule has 0 saturated heterocycles. The van der Waals surface area contributed by atoms with Crippen LogP contribution >= 0.6 is 11.6 Å². The van der Waals surface area contributed by atoms with Gasteiger partial charge in [-0.1, -0.05) is 11.6 Å². The highest BCUT2D eigenvalue weighted by molar-refractivity contribution is 6.32. The third-order valence-electron chi connectivity index (χ3n) is 3.61. The van der Waals surface area contributed by atoms with Crippen molar-refractivity contribution in [2.75, 3.05) is 19.0 Å². The Balaban J connectivity index is 1.71. The van der Waals surface area contributed by atoms with E-state index in [2.05, 4.69) is 5.32 Å². The summed E-state index contributed by atoms with van der Waals surface area (Å²) in [6.45, 7) is -0.365. The van der Waals surface area contributed by atoms with E-state index >= 15 is 0 Å². The predicted molar refractivity (Wildman–Crippen MR) is 88.4 cm³/mol.